The molecule has 3 aliphatic rings. The number of nitrogens with two attached hydrogens (primary N) is 1. The van der Waals surface area contributed by atoms with E-state index in [0.717, 1.165) is 95.4 Å². The number of morpholine rings is 1. The topological polar surface area (TPSA) is 151 Å². The maximum atomic E-state index is 13.4. The van der Waals surface area contributed by atoms with Crippen LogP contribution in [0.5, 0.6) is 0 Å². The van der Waals surface area contributed by atoms with Crippen LogP contribution in [0, 0.1) is 0 Å². The number of amides is 2. The van der Waals surface area contributed by atoms with Gasteiger partial charge in [0.05, 0.1) is 13.2 Å². The molecule has 1 aromatic heterocycles. The van der Waals surface area contributed by atoms with Crippen molar-refractivity contribution in [1.82, 2.24) is 29.6 Å². The average molecular weight is 768 g/mol. The summed E-state index contributed by atoms with van der Waals surface area (Å²) < 4.78 is 22.6. The van der Waals surface area contributed by atoms with Gasteiger partial charge in [-0.15, -0.1) is 0 Å². The van der Waals surface area contributed by atoms with Crippen molar-refractivity contribution in [2.24, 2.45) is 0 Å². The van der Waals surface area contributed by atoms with Crippen molar-refractivity contribution in [2.75, 3.05) is 108 Å². The fraction of sp³-hybridized carbons (Fsp3) is 0.700. The first-order valence-electron chi connectivity index (χ1n) is 20.0. The summed E-state index contributed by atoms with van der Waals surface area (Å²) in [6, 6.07) is 10.00. The number of nitrogens with zero attached hydrogens (tertiary/aromatic N) is 7. The molecule has 0 atom stereocenters. The van der Waals surface area contributed by atoms with Crippen molar-refractivity contribution >= 4 is 29.8 Å². The van der Waals surface area contributed by atoms with Gasteiger partial charge in [-0.1, -0.05) is 24.3 Å². The van der Waals surface area contributed by atoms with Gasteiger partial charge in [-0.25, -0.2) is 9.59 Å². The van der Waals surface area contributed by atoms with Crippen LogP contribution in [0.1, 0.15) is 71.9 Å². The third-order valence-electron chi connectivity index (χ3n) is 9.85. The number of nitrogens with one attached hydrogen (secondary N) is 1. The van der Waals surface area contributed by atoms with Crippen LogP contribution in [-0.2, 0) is 32.0 Å². The van der Waals surface area contributed by atoms with E-state index in [4.69, 9.17) is 29.7 Å². The van der Waals surface area contributed by atoms with Gasteiger partial charge in [0.1, 0.15) is 22.8 Å². The van der Waals surface area contributed by atoms with Crippen LogP contribution < -0.4 is 16.0 Å². The Morgan fingerprint density at radius 3 is 2.02 bits per heavy atom. The summed E-state index contributed by atoms with van der Waals surface area (Å²) in [5.74, 6) is 1.76. The minimum Gasteiger partial charge on any atom is -0.444 e. The number of carbonyl (C=O) groups excluding carboxylic acids is 2. The van der Waals surface area contributed by atoms with Gasteiger partial charge in [-0.05, 0) is 71.9 Å². The Bertz CT molecular complexity index is 1500. The molecule has 15 heteroatoms. The zero-order valence-corrected chi connectivity index (χ0v) is 34.1. The zero-order valence-electron chi connectivity index (χ0n) is 34.1. The first-order chi connectivity index (χ1) is 26.2. The van der Waals surface area contributed by atoms with E-state index in [-0.39, 0.29) is 12.1 Å². The van der Waals surface area contributed by atoms with Crippen molar-refractivity contribution in [3.8, 4) is 0 Å². The number of anilines is 3. The SMILES string of the molecule is CC(C)(C)OC(=O)N(CCCN(C(=O)OC(C)(C)C)C1CCOCC1)Cc1ccc(CNc2nc(N)cc(N3CCN(CCN4CCOCC4)CC3)n2)cc1. The molecule has 3 saturated heterocycles. The quantitative estimate of drug-likeness (QED) is 0.275. The van der Waals surface area contributed by atoms with Crippen molar-refractivity contribution in [1.29, 1.82) is 0 Å². The highest BCUT2D eigenvalue weighted by molar-refractivity contribution is 5.69. The summed E-state index contributed by atoms with van der Waals surface area (Å²) in [5, 5.41) is 3.35. The van der Waals surface area contributed by atoms with E-state index >= 15 is 0 Å². The molecule has 15 nitrogen and oxygen atoms in total. The molecule has 3 N–H and O–H groups in total. The monoisotopic (exact) mass is 768 g/mol. The van der Waals surface area contributed by atoms with Gasteiger partial charge in [0, 0.05) is 104 Å². The second kappa shape index (κ2) is 19.8. The van der Waals surface area contributed by atoms with E-state index in [1.165, 1.54) is 0 Å². The lowest BCUT2D eigenvalue weighted by molar-refractivity contribution is -0.00697. The Morgan fingerprint density at radius 2 is 1.38 bits per heavy atom. The molecule has 2 amide bonds. The second-order valence-corrected chi connectivity index (χ2v) is 16.7. The smallest absolute Gasteiger partial charge is 0.410 e. The van der Waals surface area contributed by atoms with Gasteiger partial charge in [-0.3, -0.25) is 9.80 Å². The molecule has 0 radical (unpaired) electrons. The number of hydrogen-bond acceptors (Lipinski definition) is 13. The summed E-state index contributed by atoms with van der Waals surface area (Å²) in [6.07, 6.45) is 1.37. The molecule has 306 valence electrons. The van der Waals surface area contributed by atoms with Crippen molar-refractivity contribution in [3.05, 3.63) is 41.5 Å². The van der Waals surface area contributed by atoms with Crippen LogP contribution in [0.2, 0.25) is 0 Å². The summed E-state index contributed by atoms with van der Waals surface area (Å²) in [4.78, 5) is 46.7. The highest BCUT2D eigenvalue weighted by Crippen LogP contribution is 2.22. The third kappa shape index (κ3) is 14.3. The lowest BCUT2D eigenvalue weighted by Gasteiger charge is -2.37. The average Bonchev–Trinajstić information content (AvgIpc) is 3.14. The van der Waals surface area contributed by atoms with Crippen LogP contribution in [0.15, 0.2) is 30.3 Å². The normalized spacial score (nSPS) is 17.8. The Kier molecular flexibility index (Phi) is 15.2. The maximum Gasteiger partial charge on any atom is 0.410 e. The lowest BCUT2D eigenvalue weighted by Crippen LogP contribution is -2.49. The molecule has 0 spiro atoms. The van der Waals surface area contributed by atoms with Crippen molar-refractivity contribution in [3.63, 3.8) is 0 Å². The van der Waals surface area contributed by atoms with Gasteiger partial charge >= 0.3 is 12.2 Å². The first-order valence-corrected chi connectivity index (χ1v) is 20.0. The van der Waals surface area contributed by atoms with Gasteiger partial charge in [0.15, 0.2) is 0 Å². The molecular weight excluding hydrogens is 702 g/mol. The molecule has 0 aliphatic carbocycles. The molecule has 4 heterocycles. The molecule has 5 rings (SSSR count). The number of benzene rings is 1. The molecule has 2 aromatic rings. The van der Waals surface area contributed by atoms with Crippen molar-refractivity contribution in [2.45, 2.75) is 91.1 Å². The summed E-state index contributed by atoms with van der Waals surface area (Å²) >= 11 is 0. The Hall–Kier alpha value is -3.92. The highest BCUT2D eigenvalue weighted by atomic mass is 16.6. The predicted molar refractivity (Wildman–Crippen MR) is 214 cm³/mol. The van der Waals surface area contributed by atoms with Crippen molar-refractivity contribution < 1.29 is 28.5 Å². The second-order valence-electron chi connectivity index (χ2n) is 16.7. The Labute approximate surface area is 327 Å². The molecule has 0 saturated carbocycles. The van der Waals surface area contributed by atoms with Crippen LogP contribution in [-0.4, -0.2) is 151 Å². The number of carbonyl (C=O) groups is 2. The first kappa shape index (κ1) is 42.2. The van der Waals surface area contributed by atoms with Crippen LogP contribution >= 0.6 is 0 Å². The van der Waals surface area contributed by atoms with Gasteiger partial charge < -0.3 is 44.7 Å². The van der Waals surface area contributed by atoms with Crippen LogP contribution in [0.25, 0.3) is 0 Å². The molecule has 0 bridgehead atoms. The highest BCUT2D eigenvalue weighted by Gasteiger charge is 2.30. The van der Waals surface area contributed by atoms with Gasteiger partial charge in [0.2, 0.25) is 5.95 Å². The lowest BCUT2D eigenvalue weighted by atomic mass is 10.1. The standard InChI is InChI=1S/C40H65N9O6/c1-39(2,3)54-37(50)48(14-7-15-49(33-12-24-52-25-13-33)38(51)55-40(4,5)6)30-32-10-8-31(9-11-32)29-42-36-43-34(41)28-35(44-36)47-20-18-45(19-21-47)16-17-46-22-26-53-27-23-46/h8-11,28,33H,7,12-27,29-30H2,1-6H3,(H3,41,42,43,44). The van der Waals surface area contributed by atoms with E-state index in [2.05, 4.69) is 25.0 Å². The maximum absolute atomic E-state index is 13.4. The Balaban J connectivity index is 1.14. The molecular formula is C40H65N9O6. The van der Waals surface area contributed by atoms with Gasteiger partial charge in [-0.2, -0.15) is 9.97 Å². The molecule has 1 aromatic carbocycles. The molecule has 3 aliphatic heterocycles. The van der Waals surface area contributed by atoms with Crippen LogP contribution in [0.3, 0.4) is 0 Å². The number of hydrogen-bond donors (Lipinski definition) is 2. The summed E-state index contributed by atoms with van der Waals surface area (Å²) in [5.41, 5.74) is 6.99. The fourth-order valence-electron chi connectivity index (χ4n) is 6.90. The van der Waals surface area contributed by atoms with E-state index in [9.17, 15) is 9.59 Å². The summed E-state index contributed by atoms with van der Waals surface area (Å²) in [6.45, 7) is 23.8. The molecule has 0 unspecified atom stereocenters. The van der Waals surface area contributed by atoms with E-state index in [1.807, 2.05) is 76.8 Å². The number of rotatable bonds is 14. The van der Waals surface area contributed by atoms with Gasteiger partial charge in [0.25, 0.3) is 0 Å². The van der Waals surface area contributed by atoms with Crippen LogP contribution in [0.4, 0.5) is 27.2 Å². The predicted octanol–water partition coefficient (Wildman–Crippen LogP) is 4.67. The summed E-state index contributed by atoms with van der Waals surface area (Å²) in [7, 11) is 0. The third-order valence-corrected chi connectivity index (χ3v) is 9.85. The van der Waals surface area contributed by atoms with E-state index < -0.39 is 17.3 Å². The minimum absolute atomic E-state index is 0.0376. The molecule has 3 fully saturated rings. The zero-order chi connectivity index (χ0) is 39.4. The number of ether oxygens (including phenoxy) is 4. The number of nitrogen functional groups attached to an aromatic ring is 1. The van der Waals surface area contributed by atoms with E-state index in [1.54, 1.807) is 4.90 Å². The number of piperazine rings is 1. The number of aromatic nitrogens is 2. The van der Waals surface area contributed by atoms with E-state index in [0.29, 0.717) is 57.6 Å². The largest absolute Gasteiger partial charge is 0.444 e. The Morgan fingerprint density at radius 1 is 0.800 bits per heavy atom. The fourth-order valence-corrected chi connectivity index (χ4v) is 6.90. The molecule has 55 heavy (non-hydrogen) atoms. The minimum atomic E-state index is -0.643.